The van der Waals surface area contributed by atoms with Gasteiger partial charge in [0.05, 0.1) is 13.7 Å². The molecule has 0 spiro atoms. The topological polar surface area (TPSA) is 32.8 Å². The van der Waals surface area contributed by atoms with Gasteiger partial charge in [-0.3, -0.25) is 4.84 Å². The fourth-order valence-corrected chi connectivity index (χ4v) is 0.792. The van der Waals surface area contributed by atoms with Gasteiger partial charge in [-0.05, 0) is 0 Å². The Labute approximate surface area is 53.9 Å². The Bertz CT molecular complexity index is 126. The highest BCUT2D eigenvalue weighted by atomic mass is 16.7. The molecule has 0 saturated carbocycles. The normalized spacial score (nSPS) is 19.6. The van der Waals surface area contributed by atoms with Crippen molar-refractivity contribution in [3.8, 4) is 0 Å². The maximum absolute atomic E-state index is 10.9. The number of amides is 2. The van der Waals surface area contributed by atoms with Crippen LogP contribution in [-0.2, 0) is 4.84 Å². The van der Waals surface area contributed by atoms with Gasteiger partial charge in [0, 0.05) is 13.6 Å². The standard InChI is InChI=1S/C5H10N2O2/c1-6-3-4-7(9-2)5(6)8/h3-4H2,1-2H3. The highest BCUT2D eigenvalue weighted by molar-refractivity contribution is 5.74. The van der Waals surface area contributed by atoms with Gasteiger partial charge in [0.2, 0.25) is 0 Å². The molecule has 0 unspecified atom stereocenters. The van der Waals surface area contributed by atoms with Gasteiger partial charge >= 0.3 is 6.03 Å². The summed E-state index contributed by atoms with van der Waals surface area (Å²) in [6.45, 7) is 1.43. The Morgan fingerprint density at radius 2 is 2.22 bits per heavy atom. The molecule has 1 fully saturated rings. The molecule has 1 saturated heterocycles. The SMILES string of the molecule is CON1CCN(C)C1=O. The van der Waals surface area contributed by atoms with E-state index in [1.165, 1.54) is 12.2 Å². The molecule has 0 radical (unpaired) electrons. The third-order valence-electron chi connectivity index (χ3n) is 1.40. The Hall–Kier alpha value is -0.770. The van der Waals surface area contributed by atoms with E-state index < -0.39 is 0 Å². The van der Waals surface area contributed by atoms with Crippen molar-refractivity contribution in [2.24, 2.45) is 0 Å². The largest absolute Gasteiger partial charge is 0.343 e. The highest BCUT2D eigenvalue weighted by Gasteiger charge is 2.24. The molecule has 0 aromatic rings. The fourth-order valence-electron chi connectivity index (χ4n) is 0.792. The van der Waals surface area contributed by atoms with Crippen LogP contribution in [0.5, 0.6) is 0 Å². The first-order chi connectivity index (χ1) is 4.25. The van der Waals surface area contributed by atoms with Crippen molar-refractivity contribution < 1.29 is 9.63 Å². The zero-order valence-electron chi connectivity index (χ0n) is 5.63. The monoisotopic (exact) mass is 130 g/mol. The van der Waals surface area contributed by atoms with Gasteiger partial charge in [-0.1, -0.05) is 0 Å². The van der Waals surface area contributed by atoms with Gasteiger partial charge in [0.1, 0.15) is 0 Å². The minimum atomic E-state index is -0.0579. The lowest BCUT2D eigenvalue weighted by molar-refractivity contribution is -0.0720. The van der Waals surface area contributed by atoms with Crippen LogP contribution in [0.2, 0.25) is 0 Å². The maximum atomic E-state index is 10.9. The molecular weight excluding hydrogens is 120 g/mol. The van der Waals surface area contributed by atoms with E-state index in [1.54, 1.807) is 11.9 Å². The molecule has 1 heterocycles. The van der Waals surface area contributed by atoms with Crippen LogP contribution in [0.15, 0.2) is 0 Å². The molecule has 0 aromatic heterocycles. The predicted octanol–water partition coefficient (Wildman–Crippen LogP) is -0.0848. The molecular formula is C5H10N2O2. The lowest BCUT2D eigenvalue weighted by atomic mass is 10.7. The van der Waals surface area contributed by atoms with Crippen LogP contribution in [0, 0.1) is 0 Å². The summed E-state index contributed by atoms with van der Waals surface area (Å²) in [4.78, 5) is 17.2. The van der Waals surface area contributed by atoms with Crippen LogP contribution < -0.4 is 0 Å². The Morgan fingerprint density at radius 1 is 1.56 bits per heavy atom. The van der Waals surface area contributed by atoms with Gasteiger partial charge in [-0.15, -0.1) is 0 Å². The number of hydroxylamine groups is 2. The van der Waals surface area contributed by atoms with Gasteiger partial charge in [0.25, 0.3) is 0 Å². The Morgan fingerprint density at radius 3 is 2.44 bits per heavy atom. The quantitative estimate of drug-likeness (QED) is 0.497. The number of carbonyl (C=O) groups excluding carboxylic acids is 1. The van der Waals surface area contributed by atoms with E-state index in [1.807, 2.05) is 0 Å². The molecule has 9 heavy (non-hydrogen) atoms. The van der Waals surface area contributed by atoms with Gasteiger partial charge in [-0.25, -0.2) is 9.86 Å². The summed E-state index contributed by atoms with van der Waals surface area (Å²) >= 11 is 0. The van der Waals surface area contributed by atoms with Crippen molar-refractivity contribution in [2.75, 3.05) is 27.2 Å². The van der Waals surface area contributed by atoms with Gasteiger partial charge in [-0.2, -0.15) is 0 Å². The summed E-state index contributed by atoms with van der Waals surface area (Å²) < 4.78 is 0. The second kappa shape index (κ2) is 2.23. The van der Waals surface area contributed by atoms with E-state index in [2.05, 4.69) is 0 Å². The van der Waals surface area contributed by atoms with Crippen molar-refractivity contribution in [1.29, 1.82) is 0 Å². The summed E-state index contributed by atoms with van der Waals surface area (Å²) in [5.41, 5.74) is 0. The number of likely N-dealkylation sites (N-methyl/N-ethyl adjacent to an activating group) is 1. The highest BCUT2D eigenvalue weighted by Crippen LogP contribution is 2.03. The molecule has 52 valence electrons. The van der Waals surface area contributed by atoms with E-state index in [0.717, 1.165) is 6.54 Å². The fraction of sp³-hybridized carbons (Fsp3) is 0.800. The van der Waals surface area contributed by atoms with Crippen LogP contribution in [0.3, 0.4) is 0 Å². The van der Waals surface area contributed by atoms with E-state index in [0.29, 0.717) is 6.54 Å². The van der Waals surface area contributed by atoms with Crippen molar-refractivity contribution in [2.45, 2.75) is 0 Å². The number of rotatable bonds is 1. The molecule has 1 rings (SSSR count). The average molecular weight is 130 g/mol. The molecule has 4 nitrogen and oxygen atoms in total. The minimum Gasteiger partial charge on any atom is -0.324 e. The number of urea groups is 1. The van der Waals surface area contributed by atoms with Crippen LogP contribution in [-0.4, -0.2) is 43.2 Å². The second-order valence-corrected chi connectivity index (χ2v) is 1.99. The minimum absolute atomic E-state index is 0.0579. The third-order valence-corrected chi connectivity index (χ3v) is 1.40. The van der Waals surface area contributed by atoms with Crippen molar-refractivity contribution in [3.05, 3.63) is 0 Å². The second-order valence-electron chi connectivity index (χ2n) is 1.99. The molecule has 1 aliphatic rings. The first kappa shape index (κ1) is 6.35. The lowest BCUT2D eigenvalue weighted by Crippen LogP contribution is -2.28. The average Bonchev–Trinajstić information content (AvgIpc) is 2.15. The molecule has 2 amide bonds. The summed E-state index contributed by atoms with van der Waals surface area (Å²) in [6.07, 6.45) is 0. The number of carbonyl (C=O) groups is 1. The summed E-state index contributed by atoms with van der Waals surface area (Å²) in [5, 5.41) is 1.33. The molecule has 0 aliphatic carbocycles. The van der Waals surface area contributed by atoms with Crippen molar-refractivity contribution in [1.82, 2.24) is 9.96 Å². The van der Waals surface area contributed by atoms with Crippen molar-refractivity contribution in [3.63, 3.8) is 0 Å². The Kier molecular flexibility index (Phi) is 1.57. The summed E-state index contributed by atoms with van der Waals surface area (Å²) in [7, 11) is 3.25. The molecule has 1 aliphatic heterocycles. The Balaban J connectivity index is 2.51. The van der Waals surface area contributed by atoms with E-state index in [-0.39, 0.29) is 6.03 Å². The van der Waals surface area contributed by atoms with E-state index in [9.17, 15) is 4.79 Å². The number of nitrogens with zero attached hydrogens (tertiary/aromatic N) is 2. The molecule has 0 N–H and O–H groups in total. The third kappa shape index (κ3) is 0.977. The number of hydrogen-bond acceptors (Lipinski definition) is 2. The molecule has 4 heteroatoms. The van der Waals surface area contributed by atoms with Gasteiger partial charge < -0.3 is 4.90 Å². The zero-order chi connectivity index (χ0) is 6.85. The van der Waals surface area contributed by atoms with E-state index >= 15 is 0 Å². The smallest absolute Gasteiger partial charge is 0.324 e. The van der Waals surface area contributed by atoms with Crippen LogP contribution >= 0.6 is 0 Å². The number of hydrogen-bond donors (Lipinski definition) is 0. The van der Waals surface area contributed by atoms with E-state index in [4.69, 9.17) is 4.84 Å². The van der Waals surface area contributed by atoms with Crippen LogP contribution in [0.1, 0.15) is 0 Å². The lowest BCUT2D eigenvalue weighted by Gasteiger charge is -2.11. The zero-order valence-corrected chi connectivity index (χ0v) is 5.63. The molecule has 0 aromatic carbocycles. The van der Waals surface area contributed by atoms with Crippen LogP contribution in [0.25, 0.3) is 0 Å². The predicted molar refractivity (Wildman–Crippen MR) is 31.7 cm³/mol. The first-order valence-electron chi connectivity index (χ1n) is 2.82. The van der Waals surface area contributed by atoms with Gasteiger partial charge in [0.15, 0.2) is 0 Å². The maximum Gasteiger partial charge on any atom is 0.343 e. The van der Waals surface area contributed by atoms with Crippen molar-refractivity contribution >= 4 is 6.03 Å². The molecule has 0 atom stereocenters. The summed E-state index contributed by atoms with van der Waals surface area (Å²) in [5.74, 6) is 0. The van der Waals surface area contributed by atoms with Crippen LogP contribution in [0.4, 0.5) is 4.79 Å². The molecule has 0 bridgehead atoms. The summed E-state index contributed by atoms with van der Waals surface area (Å²) in [6, 6.07) is -0.0579. The first-order valence-corrected chi connectivity index (χ1v) is 2.82.